The molecule has 0 radical (unpaired) electrons. The maximum Gasteiger partial charge on any atom is 1.00 e. The van der Waals surface area contributed by atoms with Crippen molar-refractivity contribution in [3.8, 4) is 0 Å². The molecule has 3 N–H and O–H groups in total. The quantitative estimate of drug-likeness (QED) is 0.198. The molecule has 6 nitrogen and oxygen atoms in total. The zero-order valence-corrected chi connectivity index (χ0v) is 18.8. The average Bonchev–Trinajstić information content (AvgIpc) is 2.49. The van der Waals surface area contributed by atoms with Gasteiger partial charge in [0.05, 0.1) is 6.10 Å². The van der Waals surface area contributed by atoms with Crippen molar-refractivity contribution in [2.75, 3.05) is 12.3 Å². The van der Waals surface area contributed by atoms with Crippen LogP contribution in [0.15, 0.2) is 0 Å². The van der Waals surface area contributed by atoms with Gasteiger partial charge in [-0.05, 0) is 6.42 Å². The van der Waals surface area contributed by atoms with Crippen molar-refractivity contribution < 1.29 is 53.9 Å². The minimum atomic E-state index is -4.21. The maximum atomic E-state index is 11.5. The zero-order valence-electron chi connectivity index (χ0n) is 17.0. The Hall–Kier alpha value is 0.340. The van der Waals surface area contributed by atoms with Gasteiger partial charge < -0.3 is 11.8 Å². The monoisotopic (exact) mass is 389 g/mol. The Labute approximate surface area is 177 Å². The van der Waals surface area contributed by atoms with Gasteiger partial charge in [-0.1, -0.05) is 71.1 Å². The number of hydrogen-bond donors (Lipinski definition) is 3. The molecular weight excluding hydrogens is 353 g/mol. The Morgan fingerprint density at radius 1 is 0.960 bits per heavy atom. The summed E-state index contributed by atoms with van der Waals surface area (Å²) < 4.78 is 29.7. The van der Waals surface area contributed by atoms with Crippen LogP contribution >= 0.6 is 0 Å². The molecule has 1 amide bonds. The number of rotatable bonds is 16. The van der Waals surface area contributed by atoms with Gasteiger partial charge in [0.25, 0.3) is 10.1 Å². The maximum absolute atomic E-state index is 11.5. The molecule has 0 saturated heterocycles. The molecule has 8 heteroatoms. The van der Waals surface area contributed by atoms with E-state index >= 15 is 0 Å². The number of carbonyl (C=O) groups is 1. The van der Waals surface area contributed by atoms with Crippen LogP contribution in [-0.4, -0.2) is 42.4 Å². The first kappa shape index (κ1) is 27.6. The summed E-state index contributed by atoms with van der Waals surface area (Å²) in [6.45, 7) is 2.07. The van der Waals surface area contributed by atoms with Crippen LogP contribution < -0.4 is 34.9 Å². The van der Waals surface area contributed by atoms with Crippen molar-refractivity contribution in [3.63, 3.8) is 0 Å². The van der Waals surface area contributed by atoms with E-state index in [9.17, 15) is 18.3 Å². The fourth-order valence-corrected chi connectivity index (χ4v) is 3.18. The summed E-state index contributed by atoms with van der Waals surface area (Å²) >= 11 is 0. The van der Waals surface area contributed by atoms with Crippen LogP contribution in [0.1, 0.15) is 85.4 Å². The van der Waals surface area contributed by atoms with E-state index in [2.05, 4.69) is 12.2 Å². The zero-order chi connectivity index (χ0) is 18.3. The molecule has 25 heavy (non-hydrogen) atoms. The number of aliphatic hydroxyl groups is 1. The summed E-state index contributed by atoms with van der Waals surface area (Å²) in [6, 6.07) is 0. The van der Waals surface area contributed by atoms with Crippen molar-refractivity contribution in [1.82, 2.24) is 5.32 Å². The first-order chi connectivity index (χ1) is 11.3. The van der Waals surface area contributed by atoms with Gasteiger partial charge in [-0.2, -0.15) is 8.42 Å². The number of hydrogen-bond acceptors (Lipinski definition) is 4. The van der Waals surface area contributed by atoms with E-state index in [-0.39, 0.29) is 43.4 Å². The molecule has 1 atom stereocenters. The van der Waals surface area contributed by atoms with Crippen LogP contribution in [0.4, 0.5) is 0 Å². The fourth-order valence-electron chi connectivity index (χ4n) is 2.57. The van der Waals surface area contributed by atoms with E-state index in [0.717, 1.165) is 19.3 Å². The first-order valence-electron chi connectivity index (χ1n) is 9.25. The van der Waals surface area contributed by atoms with Gasteiger partial charge in [0.2, 0.25) is 5.91 Å². The van der Waals surface area contributed by atoms with Gasteiger partial charge in [0.1, 0.15) is 5.75 Å². The first-order valence-corrected chi connectivity index (χ1v) is 10.9. The van der Waals surface area contributed by atoms with Crippen molar-refractivity contribution in [1.29, 1.82) is 0 Å². The summed E-state index contributed by atoms with van der Waals surface area (Å²) in [7, 11) is -4.21. The van der Waals surface area contributed by atoms with Crippen LogP contribution in [0.3, 0.4) is 0 Å². The Morgan fingerprint density at radius 2 is 1.40 bits per heavy atom. The van der Waals surface area contributed by atoms with Gasteiger partial charge in [-0.15, -0.1) is 0 Å². The van der Waals surface area contributed by atoms with Gasteiger partial charge in [0, 0.05) is 13.0 Å². The standard InChI is InChI=1S/C17H35NO5S.Na.H/c1-2-3-4-5-6-7-8-9-10-11-12-13-17(20)18-14-16(19)15-24(21,22)23;;/h16,19H,2-15H2,1H3,(H,18,20)(H,21,22,23);;/q;+1;-1. The number of aliphatic hydroxyl groups excluding tert-OH is 1. The predicted octanol–water partition coefficient (Wildman–Crippen LogP) is 0.169. The molecular formula is C17H36NNaO5S. The minimum Gasteiger partial charge on any atom is -1.00 e. The van der Waals surface area contributed by atoms with E-state index in [1.807, 2.05) is 0 Å². The molecule has 0 aliphatic rings. The third-order valence-electron chi connectivity index (χ3n) is 3.95. The largest absolute Gasteiger partial charge is 1.00 e. The molecule has 0 rings (SSSR count). The van der Waals surface area contributed by atoms with Crippen molar-refractivity contribution in [3.05, 3.63) is 0 Å². The summed E-state index contributed by atoms with van der Waals surface area (Å²) in [6.07, 6.45) is 12.5. The van der Waals surface area contributed by atoms with Crippen LogP contribution in [0.2, 0.25) is 0 Å². The molecule has 146 valence electrons. The smallest absolute Gasteiger partial charge is 1.00 e. The topological polar surface area (TPSA) is 104 Å². The fraction of sp³-hybridized carbons (Fsp3) is 0.941. The molecule has 0 fully saturated rings. The van der Waals surface area contributed by atoms with Gasteiger partial charge in [-0.3, -0.25) is 9.35 Å². The van der Waals surface area contributed by atoms with E-state index in [1.165, 1.54) is 51.4 Å². The summed E-state index contributed by atoms with van der Waals surface area (Å²) in [5.41, 5.74) is 0. The van der Waals surface area contributed by atoms with E-state index in [4.69, 9.17) is 4.55 Å². The molecule has 0 aliphatic heterocycles. The molecule has 0 aliphatic carbocycles. The second-order valence-corrected chi connectivity index (χ2v) is 7.99. The Kier molecular flexibility index (Phi) is 19.6. The van der Waals surface area contributed by atoms with Gasteiger partial charge in [0.15, 0.2) is 0 Å². The third kappa shape index (κ3) is 22.3. The van der Waals surface area contributed by atoms with Crippen LogP contribution in [0, 0.1) is 0 Å². The summed E-state index contributed by atoms with van der Waals surface area (Å²) in [4.78, 5) is 11.5. The van der Waals surface area contributed by atoms with Gasteiger partial charge >= 0.3 is 29.6 Å². The molecule has 0 spiro atoms. The molecule has 0 saturated carbocycles. The van der Waals surface area contributed by atoms with Crippen LogP contribution in [-0.2, 0) is 14.9 Å². The Balaban J connectivity index is -0.00000264. The molecule has 0 bridgehead atoms. The number of nitrogens with one attached hydrogen (secondary N) is 1. The second-order valence-electron chi connectivity index (χ2n) is 6.49. The number of amides is 1. The normalized spacial score (nSPS) is 12.4. The average molecular weight is 390 g/mol. The summed E-state index contributed by atoms with van der Waals surface area (Å²) in [5, 5.41) is 11.8. The Bertz CT molecular complexity index is 423. The summed E-state index contributed by atoms with van der Waals surface area (Å²) in [5.74, 6) is -0.952. The number of unbranched alkanes of at least 4 members (excludes halogenated alkanes) is 10. The molecule has 0 aromatic carbocycles. The third-order valence-corrected chi connectivity index (χ3v) is 4.75. The van der Waals surface area contributed by atoms with Crippen molar-refractivity contribution in [2.45, 2.75) is 90.1 Å². The molecule has 0 heterocycles. The SMILES string of the molecule is CCCCCCCCCCCCCC(=O)NCC(O)CS(=O)(=O)O.[H-].[Na+]. The van der Waals surface area contributed by atoms with E-state index < -0.39 is 22.0 Å². The van der Waals surface area contributed by atoms with Crippen LogP contribution in [0.5, 0.6) is 0 Å². The van der Waals surface area contributed by atoms with Crippen molar-refractivity contribution in [2.24, 2.45) is 0 Å². The number of carbonyl (C=O) groups excluding carboxylic acids is 1. The molecule has 1 unspecified atom stereocenters. The predicted molar refractivity (Wildman–Crippen MR) is 97.6 cm³/mol. The Morgan fingerprint density at radius 3 is 1.84 bits per heavy atom. The minimum absolute atomic E-state index is 0. The van der Waals surface area contributed by atoms with Crippen molar-refractivity contribution >= 4 is 16.0 Å². The van der Waals surface area contributed by atoms with Gasteiger partial charge in [-0.25, -0.2) is 0 Å². The van der Waals surface area contributed by atoms with Crippen LogP contribution in [0.25, 0.3) is 0 Å². The second kappa shape index (κ2) is 17.7. The van der Waals surface area contributed by atoms with E-state index in [1.54, 1.807) is 0 Å². The molecule has 0 aromatic rings. The molecule has 0 aromatic heterocycles. The van der Waals surface area contributed by atoms with E-state index in [0.29, 0.717) is 6.42 Å².